The van der Waals surface area contributed by atoms with Gasteiger partial charge >= 0.3 is 0 Å². The van der Waals surface area contributed by atoms with Crippen LogP contribution in [0.1, 0.15) is 54.1 Å². The van der Waals surface area contributed by atoms with Crippen LogP contribution >= 0.6 is 0 Å². The van der Waals surface area contributed by atoms with E-state index in [1.54, 1.807) is 0 Å². The van der Waals surface area contributed by atoms with Crippen molar-refractivity contribution in [1.29, 1.82) is 0 Å². The average molecular weight is 300 g/mol. The highest BCUT2D eigenvalue weighted by atomic mass is 16.1. The van der Waals surface area contributed by atoms with E-state index >= 15 is 0 Å². The maximum absolute atomic E-state index is 12.4. The molecule has 0 heterocycles. The Labute approximate surface area is 133 Å². The predicted octanol–water partition coefficient (Wildman–Crippen LogP) is 3.19. The summed E-state index contributed by atoms with van der Waals surface area (Å²) in [6, 6.07) is 6.72. The van der Waals surface area contributed by atoms with E-state index in [1.807, 2.05) is 19.1 Å². The minimum Gasteiger partial charge on any atom is -0.349 e. The second kappa shape index (κ2) is 6.04. The van der Waals surface area contributed by atoms with Crippen molar-refractivity contribution in [1.82, 2.24) is 5.32 Å². The molecular weight excluding hydrogens is 272 g/mol. The van der Waals surface area contributed by atoms with Crippen molar-refractivity contribution in [3.05, 3.63) is 34.9 Å². The van der Waals surface area contributed by atoms with Crippen molar-refractivity contribution in [2.24, 2.45) is 23.5 Å². The van der Waals surface area contributed by atoms with Gasteiger partial charge in [0.05, 0.1) is 0 Å². The molecular formula is C19H28N2O. The van der Waals surface area contributed by atoms with Gasteiger partial charge in [0, 0.05) is 17.6 Å². The summed E-state index contributed by atoms with van der Waals surface area (Å²) < 4.78 is 0. The normalized spacial score (nSPS) is 31.3. The molecule has 0 bridgehead atoms. The number of carbonyl (C=O) groups is 1. The largest absolute Gasteiger partial charge is 0.349 e. The molecule has 22 heavy (non-hydrogen) atoms. The zero-order chi connectivity index (χ0) is 15.9. The second-order valence-electron chi connectivity index (χ2n) is 7.59. The minimum absolute atomic E-state index is 0.0869. The van der Waals surface area contributed by atoms with Gasteiger partial charge in [-0.3, -0.25) is 4.79 Å². The molecule has 2 aliphatic carbocycles. The highest BCUT2D eigenvalue weighted by Gasteiger charge is 2.47. The van der Waals surface area contributed by atoms with Crippen molar-refractivity contribution in [3.63, 3.8) is 0 Å². The van der Waals surface area contributed by atoms with Gasteiger partial charge in [0.25, 0.3) is 5.91 Å². The molecule has 3 rings (SSSR count). The first-order valence-corrected chi connectivity index (χ1v) is 8.57. The molecule has 1 aromatic rings. The Morgan fingerprint density at radius 1 is 1.32 bits per heavy atom. The van der Waals surface area contributed by atoms with Gasteiger partial charge in [0.15, 0.2) is 0 Å². The van der Waals surface area contributed by atoms with Gasteiger partial charge in [-0.1, -0.05) is 17.7 Å². The van der Waals surface area contributed by atoms with Crippen LogP contribution in [0, 0.1) is 31.6 Å². The number of nitrogens with two attached hydrogens (primary N) is 1. The Bertz CT molecular complexity index is 561. The Morgan fingerprint density at radius 3 is 2.68 bits per heavy atom. The lowest BCUT2D eigenvalue weighted by atomic mass is 9.76. The molecule has 120 valence electrons. The summed E-state index contributed by atoms with van der Waals surface area (Å²) in [7, 11) is 0. The molecule has 3 heteroatoms. The Morgan fingerprint density at radius 2 is 2.05 bits per heavy atom. The maximum atomic E-state index is 12.4. The van der Waals surface area contributed by atoms with Gasteiger partial charge in [0.1, 0.15) is 0 Å². The third-order valence-corrected chi connectivity index (χ3v) is 5.39. The summed E-state index contributed by atoms with van der Waals surface area (Å²) in [5.41, 5.74) is 8.96. The summed E-state index contributed by atoms with van der Waals surface area (Å²) in [5.74, 6) is 2.62. The maximum Gasteiger partial charge on any atom is 0.251 e. The van der Waals surface area contributed by atoms with Crippen LogP contribution < -0.4 is 11.1 Å². The van der Waals surface area contributed by atoms with Crippen LogP contribution in [-0.4, -0.2) is 18.0 Å². The van der Waals surface area contributed by atoms with Crippen LogP contribution in [0.2, 0.25) is 0 Å². The van der Waals surface area contributed by atoms with Gasteiger partial charge in [0.2, 0.25) is 0 Å². The fraction of sp³-hybridized carbons (Fsp3) is 0.632. The lowest BCUT2D eigenvalue weighted by molar-refractivity contribution is 0.0875. The number of nitrogens with one attached hydrogen (secondary N) is 1. The van der Waals surface area contributed by atoms with E-state index in [-0.39, 0.29) is 5.91 Å². The number of rotatable bonds is 5. The lowest BCUT2D eigenvalue weighted by Crippen LogP contribution is -2.45. The number of aryl methyl sites for hydroxylation is 2. The van der Waals surface area contributed by atoms with Crippen LogP contribution in [0.4, 0.5) is 0 Å². The van der Waals surface area contributed by atoms with E-state index < -0.39 is 0 Å². The number of amides is 1. The first-order chi connectivity index (χ1) is 10.4. The molecule has 3 nitrogen and oxygen atoms in total. The zero-order valence-corrected chi connectivity index (χ0v) is 13.9. The van der Waals surface area contributed by atoms with Crippen molar-refractivity contribution in [2.45, 2.75) is 58.5 Å². The zero-order valence-electron chi connectivity index (χ0n) is 13.9. The van der Waals surface area contributed by atoms with E-state index in [9.17, 15) is 4.79 Å². The topological polar surface area (TPSA) is 55.1 Å². The SMILES string of the molecule is Cc1ccc(C(=O)NC2CC(C3CC3CC(C)N)C2)c(C)c1. The van der Waals surface area contributed by atoms with E-state index in [2.05, 4.69) is 25.2 Å². The molecule has 2 fully saturated rings. The Kier molecular flexibility index (Phi) is 4.26. The molecule has 1 aromatic carbocycles. The summed E-state index contributed by atoms with van der Waals surface area (Å²) in [6.45, 7) is 6.16. The molecule has 3 N–H and O–H groups in total. The van der Waals surface area contributed by atoms with Crippen LogP contribution in [0.15, 0.2) is 18.2 Å². The fourth-order valence-corrected chi connectivity index (χ4v) is 4.06. The van der Waals surface area contributed by atoms with Gasteiger partial charge in [-0.05, 0) is 75.8 Å². The molecule has 0 spiro atoms. The molecule has 1 amide bonds. The molecule has 0 aliphatic heterocycles. The van der Waals surface area contributed by atoms with Crippen LogP contribution in [0.5, 0.6) is 0 Å². The molecule has 2 aliphatic rings. The summed E-state index contributed by atoms with van der Waals surface area (Å²) in [6.07, 6.45) is 4.82. The monoisotopic (exact) mass is 300 g/mol. The molecule has 0 aromatic heterocycles. The third-order valence-electron chi connectivity index (χ3n) is 5.39. The predicted molar refractivity (Wildman–Crippen MR) is 89.8 cm³/mol. The van der Waals surface area contributed by atoms with Gasteiger partial charge in [-0.15, -0.1) is 0 Å². The summed E-state index contributed by atoms with van der Waals surface area (Å²) in [5, 5.41) is 3.20. The van der Waals surface area contributed by atoms with E-state index in [1.165, 1.54) is 18.4 Å². The third kappa shape index (κ3) is 3.35. The number of benzene rings is 1. The Balaban J connectivity index is 1.45. The van der Waals surface area contributed by atoms with Crippen LogP contribution in [0.25, 0.3) is 0 Å². The van der Waals surface area contributed by atoms with E-state index in [0.717, 1.165) is 41.7 Å². The van der Waals surface area contributed by atoms with Gasteiger partial charge in [-0.25, -0.2) is 0 Å². The smallest absolute Gasteiger partial charge is 0.251 e. The lowest BCUT2D eigenvalue weighted by Gasteiger charge is -2.36. The first kappa shape index (κ1) is 15.5. The quantitative estimate of drug-likeness (QED) is 0.877. The van der Waals surface area contributed by atoms with Gasteiger partial charge < -0.3 is 11.1 Å². The van der Waals surface area contributed by atoms with Crippen molar-refractivity contribution in [3.8, 4) is 0 Å². The van der Waals surface area contributed by atoms with Crippen molar-refractivity contribution >= 4 is 5.91 Å². The molecule has 3 unspecified atom stereocenters. The van der Waals surface area contributed by atoms with E-state index in [4.69, 9.17) is 5.73 Å². The van der Waals surface area contributed by atoms with Crippen molar-refractivity contribution < 1.29 is 4.79 Å². The highest BCUT2D eigenvalue weighted by Crippen LogP contribution is 2.53. The van der Waals surface area contributed by atoms with Crippen molar-refractivity contribution in [2.75, 3.05) is 0 Å². The second-order valence-corrected chi connectivity index (χ2v) is 7.59. The molecule has 3 atom stereocenters. The number of hydrogen-bond acceptors (Lipinski definition) is 2. The number of carbonyl (C=O) groups excluding carboxylic acids is 1. The first-order valence-electron chi connectivity index (χ1n) is 8.57. The number of hydrogen-bond donors (Lipinski definition) is 2. The summed E-state index contributed by atoms with van der Waals surface area (Å²) in [4.78, 5) is 12.4. The van der Waals surface area contributed by atoms with Gasteiger partial charge in [-0.2, -0.15) is 0 Å². The minimum atomic E-state index is 0.0869. The van der Waals surface area contributed by atoms with Crippen LogP contribution in [-0.2, 0) is 0 Å². The average Bonchev–Trinajstić information content (AvgIpc) is 3.10. The standard InChI is InChI=1S/C19H28N2O/c1-11-4-5-17(12(2)6-11)19(22)21-16-8-15(9-16)18-10-14(18)7-13(3)20/h4-6,13-16,18H,7-10,20H2,1-3H3,(H,21,22). The van der Waals surface area contributed by atoms with E-state index in [0.29, 0.717) is 12.1 Å². The fourth-order valence-electron chi connectivity index (χ4n) is 4.06. The molecule has 2 saturated carbocycles. The Hall–Kier alpha value is -1.35. The highest BCUT2D eigenvalue weighted by molar-refractivity contribution is 5.95. The molecule has 0 radical (unpaired) electrons. The molecule has 0 saturated heterocycles. The summed E-state index contributed by atoms with van der Waals surface area (Å²) >= 11 is 0. The van der Waals surface area contributed by atoms with Crippen LogP contribution in [0.3, 0.4) is 0 Å².